The van der Waals surface area contributed by atoms with Gasteiger partial charge >= 0.3 is 5.69 Å². The van der Waals surface area contributed by atoms with E-state index in [2.05, 4.69) is 6.92 Å². The number of fused-ring (bicyclic) bond motifs is 1. The fourth-order valence-corrected chi connectivity index (χ4v) is 3.26. The third-order valence-corrected chi connectivity index (χ3v) is 4.72. The lowest BCUT2D eigenvalue weighted by Crippen LogP contribution is -2.36. The molecule has 0 saturated carbocycles. The van der Waals surface area contributed by atoms with Gasteiger partial charge in [0.15, 0.2) is 0 Å². The molecule has 0 fully saturated rings. The van der Waals surface area contributed by atoms with Crippen molar-refractivity contribution in [3.05, 3.63) is 56.3 Å². The maximum absolute atomic E-state index is 12.8. The monoisotopic (exact) mass is 345 g/mol. The van der Waals surface area contributed by atoms with Gasteiger partial charge in [0.2, 0.25) is 0 Å². The summed E-state index contributed by atoms with van der Waals surface area (Å²) in [7, 11) is 3.19. The molecule has 0 saturated heterocycles. The molecule has 3 aromatic rings. The summed E-state index contributed by atoms with van der Waals surface area (Å²) in [4.78, 5) is 25.0. The molecule has 0 aliphatic carbocycles. The number of unbranched alkanes of at least 4 members (excludes halogenated alkanes) is 1. The van der Waals surface area contributed by atoms with Crippen LogP contribution in [0.2, 0.25) is 5.02 Å². The number of benzene rings is 1. The fourth-order valence-electron chi connectivity index (χ4n) is 3.04. The Hall–Kier alpha value is -2.27. The predicted octanol–water partition coefficient (Wildman–Crippen LogP) is 3.16. The van der Waals surface area contributed by atoms with Gasteiger partial charge in [0, 0.05) is 37.4 Å². The van der Waals surface area contributed by atoms with Gasteiger partial charge in [-0.25, -0.2) is 4.79 Å². The van der Waals surface area contributed by atoms with Gasteiger partial charge in [-0.1, -0.05) is 43.1 Å². The van der Waals surface area contributed by atoms with Crippen molar-refractivity contribution in [2.75, 3.05) is 0 Å². The first-order chi connectivity index (χ1) is 11.5. The molecule has 2 heterocycles. The minimum atomic E-state index is -0.328. The van der Waals surface area contributed by atoms with Crippen LogP contribution in [0, 0.1) is 0 Å². The largest absolute Gasteiger partial charge is 0.345 e. The van der Waals surface area contributed by atoms with E-state index in [4.69, 9.17) is 11.6 Å². The zero-order valence-electron chi connectivity index (χ0n) is 14.0. The number of nitrogens with zero attached hydrogens (tertiary/aromatic N) is 3. The van der Waals surface area contributed by atoms with Gasteiger partial charge in [-0.15, -0.1) is 0 Å². The Morgan fingerprint density at radius 3 is 2.46 bits per heavy atom. The Balaban J connectivity index is 2.47. The first kappa shape index (κ1) is 16.6. The summed E-state index contributed by atoms with van der Waals surface area (Å²) in [6.07, 6.45) is 3.90. The summed E-state index contributed by atoms with van der Waals surface area (Å²) in [5.74, 6) is 0. The van der Waals surface area contributed by atoms with Crippen LogP contribution >= 0.6 is 11.6 Å². The fraction of sp³-hybridized carbons (Fsp3) is 0.333. The van der Waals surface area contributed by atoms with E-state index in [0.717, 1.165) is 35.2 Å². The smallest absolute Gasteiger partial charge is 0.330 e. The van der Waals surface area contributed by atoms with E-state index >= 15 is 0 Å². The summed E-state index contributed by atoms with van der Waals surface area (Å²) in [6.45, 7) is 2.89. The summed E-state index contributed by atoms with van der Waals surface area (Å²) in [6, 6.07) is 7.48. The third-order valence-electron chi connectivity index (χ3n) is 4.39. The Morgan fingerprint density at radius 1 is 1.08 bits per heavy atom. The first-order valence-electron chi connectivity index (χ1n) is 8.01. The van der Waals surface area contributed by atoms with E-state index in [1.165, 1.54) is 11.6 Å². The first-order valence-corrected chi connectivity index (χ1v) is 8.39. The molecule has 2 aromatic heterocycles. The zero-order valence-corrected chi connectivity index (χ0v) is 14.8. The molecule has 0 N–H and O–H groups in total. The van der Waals surface area contributed by atoms with Crippen LogP contribution in [-0.2, 0) is 20.6 Å². The van der Waals surface area contributed by atoms with Gasteiger partial charge in [-0.3, -0.25) is 13.9 Å². The molecule has 3 rings (SSSR count). The lowest BCUT2D eigenvalue weighted by Gasteiger charge is -2.11. The Labute approximate surface area is 144 Å². The SMILES string of the molecule is CCCCn1cc2c(c1-c1ccccc1Cl)c(=O)n(C)c(=O)n2C. The van der Waals surface area contributed by atoms with Crippen molar-refractivity contribution in [1.82, 2.24) is 13.7 Å². The lowest BCUT2D eigenvalue weighted by atomic mass is 10.1. The molecular weight excluding hydrogens is 326 g/mol. The number of hydrogen-bond acceptors (Lipinski definition) is 2. The van der Waals surface area contributed by atoms with E-state index in [1.807, 2.05) is 35.0 Å². The standard InChI is InChI=1S/C18H20ClN3O2/c1-4-5-10-22-11-14-15(17(23)21(3)18(24)20(14)2)16(22)12-8-6-7-9-13(12)19/h6-9,11H,4-5,10H2,1-3H3. The average molecular weight is 346 g/mol. The van der Waals surface area contributed by atoms with Gasteiger partial charge in [0.25, 0.3) is 5.56 Å². The van der Waals surface area contributed by atoms with E-state index in [-0.39, 0.29) is 11.2 Å². The molecule has 5 nitrogen and oxygen atoms in total. The molecule has 0 atom stereocenters. The van der Waals surface area contributed by atoms with Gasteiger partial charge in [-0.05, 0) is 12.5 Å². The quantitative estimate of drug-likeness (QED) is 0.729. The Kier molecular flexibility index (Phi) is 4.37. The van der Waals surface area contributed by atoms with Gasteiger partial charge in [0.05, 0.1) is 16.6 Å². The molecule has 24 heavy (non-hydrogen) atoms. The number of rotatable bonds is 4. The van der Waals surface area contributed by atoms with Gasteiger partial charge < -0.3 is 4.57 Å². The van der Waals surface area contributed by atoms with E-state index in [9.17, 15) is 9.59 Å². The van der Waals surface area contributed by atoms with Crippen molar-refractivity contribution < 1.29 is 0 Å². The maximum Gasteiger partial charge on any atom is 0.330 e. The highest BCUT2D eigenvalue weighted by atomic mass is 35.5. The van der Waals surface area contributed by atoms with Crippen LogP contribution in [0.3, 0.4) is 0 Å². The number of hydrogen-bond donors (Lipinski definition) is 0. The zero-order chi connectivity index (χ0) is 17.4. The highest BCUT2D eigenvalue weighted by Crippen LogP contribution is 2.33. The van der Waals surface area contributed by atoms with Crippen molar-refractivity contribution in [2.24, 2.45) is 14.1 Å². The molecule has 126 valence electrons. The number of aryl methyl sites for hydroxylation is 2. The van der Waals surface area contributed by atoms with Crippen molar-refractivity contribution in [3.8, 4) is 11.3 Å². The maximum atomic E-state index is 12.8. The van der Waals surface area contributed by atoms with Crippen LogP contribution in [0.1, 0.15) is 19.8 Å². The average Bonchev–Trinajstić information content (AvgIpc) is 2.96. The van der Waals surface area contributed by atoms with Gasteiger partial charge in [-0.2, -0.15) is 0 Å². The molecule has 0 unspecified atom stereocenters. The summed E-state index contributed by atoms with van der Waals surface area (Å²) >= 11 is 6.39. The predicted molar refractivity (Wildman–Crippen MR) is 97.8 cm³/mol. The van der Waals surface area contributed by atoms with Crippen LogP contribution in [-0.4, -0.2) is 13.7 Å². The highest BCUT2D eigenvalue weighted by molar-refractivity contribution is 6.33. The summed E-state index contributed by atoms with van der Waals surface area (Å²) < 4.78 is 4.70. The Bertz CT molecular complexity index is 1030. The minimum Gasteiger partial charge on any atom is -0.345 e. The molecular formula is C18H20ClN3O2. The van der Waals surface area contributed by atoms with Crippen LogP contribution in [0.5, 0.6) is 0 Å². The van der Waals surface area contributed by atoms with Crippen molar-refractivity contribution >= 4 is 22.5 Å². The number of halogens is 1. The molecule has 0 amide bonds. The van der Waals surface area contributed by atoms with Gasteiger partial charge in [0.1, 0.15) is 0 Å². The summed E-state index contributed by atoms with van der Waals surface area (Å²) in [5.41, 5.74) is 1.60. The molecule has 0 aliphatic heterocycles. The van der Waals surface area contributed by atoms with Crippen LogP contribution in [0.4, 0.5) is 0 Å². The third kappa shape index (κ3) is 2.49. The molecule has 0 radical (unpaired) electrons. The minimum absolute atomic E-state index is 0.293. The molecule has 6 heteroatoms. The molecule has 0 bridgehead atoms. The van der Waals surface area contributed by atoms with Crippen molar-refractivity contribution in [3.63, 3.8) is 0 Å². The highest BCUT2D eigenvalue weighted by Gasteiger charge is 2.20. The van der Waals surface area contributed by atoms with Crippen molar-refractivity contribution in [1.29, 1.82) is 0 Å². The van der Waals surface area contributed by atoms with E-state index in [1.54, 1.807) is 7.05 Å². The summed E-state index contributed by atoms with van der Waals surface area (Å²) in [5, 5.41) is 1.12. The van der Waals surface area contributed by atoms with Crippen LogP contribution in [0.15, 0.2) is 40.1 Å². The normalized spacial score (nSPS) is 11.3. The van der Waals surface area contributed by atoms with Crippen LogP contribution < -0.4 is 11.2 Å². The van der Waals surface area contributed by atoms with E-state index < -0.39 is 0 Å². The van der Waals surface area contributed by atoms with Crippen molar-refractivity contribution in [2.45, 2.75) is 26.3 Å². The second kappa shape index (κ2) is 6.32. The van der Waals surface area contributed by atoms with Crippen LogP contribution in [0.25, 0.3) is 22.2 Å². The molecule has 0 spiro atoms. The number of aromatic nitrogens is 3. The molecule has 0 aliphatic rings. The second-order valence-corrected chi connectivity index (χ2v) is 6.38. The molecule has 1 aromatic carbocycles. The lowest BCUT2D eigenvalue weighted by molar-refractivity contribution is 0.640. The van der Waals surface area contributed by atoms with E-state index in [0.29, 0.717) is 15.9 Å². The second-order valence-electron chi connectivity index (χ2n) is 5.97. The Morgan fingerprint density at radius 2 is 1.79 bits per heavy atom. The topological polar surface area (TPSA) is 48.9 Å².